The first kappa shape index (κ1) is 16.8. The van der Waals surface area contributed by atoms with Gasteiger partial charge in [-0.15, -0.1) is 0 Å². The van der Waals surface area contributed by atoms with Crippen LogP contribution in [-0.4, -0.2) is 18.3 Å². The summed E-state index contributed by atoms with van der Waals surface area (Å²) in [4.78, 5) is 0. The highest BCUT2D eigenvalue weighted by atomic mass is 31.2. The summed E-state index contributed by atoms with van der Waals surface area (Å²) in [6.07, 6.45) is 0. The van der Waals surface area contributed by atoms with Crippen LogP contribution in [0, 0.1) is 13.8 Å². The van der Waals surface area contributed by atoms with Crippen molar-refractivity contribution in [3.05, 3.63) is 35.4 Å². The number of phosphoric ester groups is 1. The molecule has 0 fully saturated rings. The molecule has 0 unspecified atom stereocenters. The number of phenolic OH excluding ortho intramolecular Hbond substituents is 1. The molecule has 0 aromatic heterocycles. The van der Waals surface area contributed by atoms with Crippen molar-refractivity contribution >= 4 is 18.6 Å². The second-order valence-corrected chi connectivity index (χ2v) is 6.56. The molecule has 5 nitrogen and oxygen atoms in total. The maximum Gasteiger partial charge on any atom is 0.530 e. The van der Waals surface area contributed by atoms with E-state index in [1.807, 2.05) is 25.1 Å². The number of hydrogen-bond donors (Lipinski definition) is 1. The molecule has 0 aliphatic heterocycles. The van der Waals surface area contributed by atoms with E-state index in [-0.39, 0.29) is 19.0 Å². The Balaban J connectivity index is 2.57. The first-order chi connectivity index (χ1) is 10.4. The van der Waals surface area contributed by atoms with Gasteiger partial charge in [0, 0.05) is 10.8 Å². The van der Waals surface area contributed by atoms with Crippen LogP contribution in [-0.2, 0) is 13.6 Å². The van der Waals surface area contributed by atoms with Crippen LogP contribution >= 0.6 is 7.82 Å². The van der Waals surface area contributed by atoms with Crippen molar-refractivity contribution in [1.29, 1.82) is 0 Å². The Morgan fingerprint density at radius 3 is 2.27 bits per heavy atom. The monoisotopic (exact) mass is 324 g/mol. The van der Waals surface area contributed by atoms with Crippen molar-refractivity contribution in [3.63, 3.8) is 0 Å². The standard InChI is InChI=1S/C16H21O5P/c1-5-19-22(18,20-6-2)21-16-12(4)10-15(17)14-9-11(3)7-8-13(14)16/h7-10,17H,5-6H2,1-4H3. The molecule has 0 saturated carbocycles. The first-order valence-electron chi connectivity index (χ1n) is 7.21. The third-order valence-electron chi connectivity index (χ3n) is 3.18. The van der Waals surface area contributed by atoms with Gasteiger partial charge in [-0.25, -0.2) is 4.57 Å². The molecule has 0 radical (unpaired) electrons. The van der Waals surface area contributed by atoms with Crippen LogP contribution in [0.2, 0.25) is 0 Å². The van der Waals surface area contributed by atoms with Gasteiger partial charge in [0.25, 0.3) is 0 Å². The first-order valence-corrected chi connectivity index (χ1v) is 8.68. The molecule has 0 atom stereocenters. The van der Waals surface area contributed by atoms with Gasteiger partial charge < -0.3 is 9.63 Å². The highest BCUT2D eigenvalue weighted by Crippen LogP contribution is 2.52. The van der Waals surface area contributed by atoms with Gasteiger partial charge in [-0.3, -0.25) is 9.05 Å². The fraction of sp³-hybridized carbons (Fsp3) is 0.375. The summed E-state index contributed by atoms with van der Waals surface area (Å²) < 4.78 is 28.6. The van der Waals surface area contributed by atoms with E-state index in [9.17, 15) is 9.67 Å². The smallest absolute Gasteiger partial charge is 0.507 e. The number of phosphoric acid groups is 1. The Hall–Kier alpha value is -1.55. The summed E-state index contributed by atoms with van der Waals surface area (Å²) in [6, 6.07) is 7.16. The lowest BCUT2D eigenvalue weighted by atomic mass is 10.0. The summed E-state index contributed by atoms with van der Waals surface area (Å²) in [5.41, 5.74) is 1.67. The van der Waals surface area contributed by atoms with E-state index in [1.54, 1.807) is 26.8 Å². The van der Waals surface area contributed by atoms with Crippen molar-refractivity contribution in [2.24, 2.45) is 0 Å². The minimum Gasteiger partial charge on any atom is -0.507 e. The number of phenols is 1. The van der Waals surface area contributed by atoms with E-state index in [1.165, 1.54) is 0 Å². The number of aryl methyl sites for hydroxylation is 2. The SMILES string of the molecule is CCOP(=O)(OCC)Oc1c(C)cc(O)c2cc(C)ccc12. The summed E-state index contributed by atoms with van der Waals surface area (Å²) in [7, 11) is -3.68. The van der Waals surface area contributed by atoms with Crippen LogP contribution in [0.3, 0.4) is 0 Å². The fourth-order valence-corrected chi connectivity index (χ4v) is 3.55. The van der Waals surface area contributed by atoms with Gasteiger partial charge in [-0.1, -0.05) is 17.7 Å². The molecule has 6 heteroatoms. The van der Waals surface area contributed by atoms with Crippen LogP contribution in [0.15, 0.2) is 24.3 Å². The zero-order valence-corrected chi connectivity index (χ0v) is 14.1. The number of fused-ring (bicyclic) bond motifs is 1. The highest BCUT2D eigenvalue weighted by molar-refractivity contribution is 7.48. The summed E-state index contributed by atoms with van der Waals surface area (Å²) >= 11 is 0. The lowest BCUT2D eigenvalue weighted by molar-refractivity contribution is 0.168. The van der Waals surface area contributed by atoms with Crippen LogP contribution in [0.5, 0.6) is 11.5 Å². The Morgan fingerprint density at radius 2 is 1.68 bits per heavy atom. The Kier molecular flexibility index (Phi) is 5.12. The maximum atomic E-state index is 12.6. The molecule has 120 valence electrons. The number of benzene rings is 2. The number of aromatic hydroxyl groups is 1. The van der Waals surface area contributed by atoms with E-state index in [0.717, 1.165) is 5.56 Å². The molecule has 0 spiro atoms. The van der Waals surface area contributed by atoms with Crippen LogP contribution in [0.1, 0.15) is 25.0 Å². The largest absolute Gasteiger partial charge is 0.530 e. The molecule has 2 rings (SSSR count). The summed E-state index contributed by atoms with van der Waals surface area (Å²) in [6.45, 7) is 7.58. The average Bonchev–Trinajstić information content (AvgIpc) is 2.44. The van der Waals surface area contributed by atoms with Gasteiger partial charge in [0.2, 0.25) is 0 Å². The van der Waals surface area contributed by atoms with E-state index < -0.39 is 7.82 Å². The van der Waals surface area contributed by atoms with Crippen molar-refractivity contribution in [2.45, 2.75) is 27.7 Å². The molecule has 0 amide bonds. The molecule has 2 aromatic carbocycles. The molecule has 0 aliphatic carbocycles. The van der Waals surface area contributed by atoms with Gasteiger partial charge >= 0.3 is 7.82 Å². The van der Waals surface area contributed by atoms with E-state index >= 15 is 0 Å². The lowest BCUT2D eigenvalue weighted by Gasteiger charge is -2.20. The summed E-state index contributed by atoms with van der Waals surface area (Å²) in [5, 5.41) is 11.4. The predicted octanol–water partition coefficient (Wildman–Crippen LogP) is 4.72. The quantitative estimate of drug-likeness (QED) is 0.779. The Labute approximate surface area is 130 Å². The molecular weight excluding hydrogens is 303 g/mol. The number of rotatable bonds is 6. The van der Waals surface area contributed by atoms with E-state index in [4.69, 9.17) is 13.6 Å². The number of hydrogen-bond acceptors (Lipinski definition) is 5. The lowest BCUT2D eigenvalue weighted by Crippen LogP contribution is -2.03. The van der Waals surface area contributed by atoms with Crippen molar-refractivity contribution in [2.75, 3.05) is 13.2 Å². The zero-order chi connectivity index (χ0) is 16.3. The fourth-order valence-electron chi connectivity index (χ4n) is 2.27. The predicted molar refractivity (Wildman–Crippen MR) is 86.6 cm³/mol. The minimum atomic E-state index is -3.68. The third-order valence-corrected chi connectivity index (χ3v) is 4.74. The minimum absolute atomic E-state index is 0.159. The molecule has 0 heterocycles. The van der Waals surface area contributed by atoms with Gasteiger partial charge in [0.1, 0.15) is 11.5 Å². The molecule has 0 bridgehead atoms. The second-order valence-electron chi connectivity index (χ2n) is 4.96. The van der Waals surface area contributed by atoms with Crippen LogP contribution in [0.4, 0.5) is 0 Å². The normalized spacial score (nSPS) is 11.8. The van der Waals surface area contributed by atoms with Gasteiger partial charge in [0.05, 0.1) is 13.2 Å². The molecule has 0 aliphatic rings. The maximum absolute atomic E-state index is 12.6. The topological polar surface area (TPSA) is 65.0 Å². The average molecular weight is 324 g/mol. The highest BCUT2D eigenvalue weighted by Gasteiger charge is 2.29. The summed E-state index contributed by atoms with van der Waals surface area (Å²) in [5.74, 6) is 0.559. The zero-order valence-electron chi connectivity index (χ0n) is 13.3. The second kappa shape index (κ2) is 6.69. The molecule has 0 saturated heterocycles. The van der Waals surface area contributed by atoms with Gasteiger partial charge in [0.15, 0.2) is 0 Å². The van der Waals surface area contributed by atoms with Crippen LogP contribution in [0.25, 0.3) is 10.8 Å². The molecular formula is C16H21O5P. The van der Waals surface area contributed by atoms with Gasteiger partial charge in [-0.2, -0.15) is 0 Å². The van der Waals surface area contributed by atoms with Crippen LogP contribution < -0.4 is 4.52 Å². The molecule has 1 N–H and O–H groups in total. The Bertz CT molecular complexity index is 716. The van der Waals surface area contributed by atoms with Crippen molar-refractivity contribution in [1.82, 2.24) is 0 Å². The molecule has 2 aromatic rings. The van der Waals surface area contributed by atoms with E-state index in [2.05, 4.69) is 0 Å². The van der Waals surface area contributed by atoms with Gasteiger partial charge in [-0.05, 0) is 45.4 Å². The Morgan fingerprint density at radius 1 is 1.05 bits per heavy atom. The van der Waals surface area contributed by atoms with E-state index in [0.29, 0.717) is 22.1 Å². The van der Waals surface area contributed by atoms with Crippen molar-refractivity contribution in [3.8, 4) is 11.5 Å². The third kappa shape index (κ3) is 3.43. The van der Waals surface area contributed by atoms with Crippen molar-refractivity contribution < 1.29 is 23.2 Å². The molecule has 22 heavy (non-hydrogen) atoms.